The third kappa shape index (κ3) is 4.13. The summed E-state index contributed by atoms with van der Waals surface area (Å²) in [6, 6.07) is 7.53. The number of anilines is 2. The van der Waals surface area contributed by atoms with Gasteiger partial charge in [0.05, 0.1) is 30.6 Å². The van der Waals surface area contributed by atoms with E-state index in [0.29, 0.717) is 0 Å². The van der Waals surface area contributed by atoms with Crippen molar-refractivity contribution in [2.45, 2.75) is 19.1 Å². The zero-order valence-corrected chi connectivity index (χ0v) is 17.5. The number of nitrogens with zero attached hydrogens (tertiary/aromatic N) is 3. The Balaban J connectivity index is 1.62. The summed E-state index contributed by atoms with van der Waals surface area (Å²) in [4.78, 5) is 27.2. The third-order valence-corrected chi connectivity index (χ3v) is 5.28. The molecule has 4 rings (SSSR count). The molecule has 172 valence electrons. The van der Waals surface area contributed by atoms with E-state index in [1.54, 1.807) is 6.92 Å². The molecule has 11 heteroatoms. The highest BCUT2D eigenvalue weighted by Crippen LogP contribution is 2.33. The largest absolute Gasteiger partial charge is 0.494 e. The summed E-state index contributed by atoms with van der Waals surface area (Å²) in [6.07, 6.45) is -3.17. The van der Waals surface area contributed by atoms with Gasteiger partial charge in [0.2, 0.25) is 0 Å². The van der Waals surface area contributed by atoms with Gasteiger partial charge in [-0.25, -0.2) is 4.39 Å². The van der Waals surface area contributed by atoms with Crippen molar-refractivity contribution in [2.24, 2.45) is 0 Å². The Kier molecular flexibility index (Phi) is 5.56. The van der Waals surface area contributed by atoms with Crippen LogP contribution in [0.4, 0.5) is 28.9 Å². The van der Waals surface area contributed by atoms with Gasteiger partial charge in [-0.1, -0.05) is 0 Å². The zero-order chi connectivity index (χ0) is 23.9. The van der Waals surface area contributed by atoms with Gasteiger partial charge in [-0.2, -0.15) is 18.3 Å². The Morgan fingerprint density at radius 3 is 2.52 bits per heavy atom. The number of rotatable bonds is 4. The van der Waals surface area contributed by atoms with Gasteiger partial charge >= 0.3 is 6.18 Å². The number of methoxy groups -OCH3 is 1. The lowest BCUT2D eigenvalue weighted by atomic mass is 10.1. The first kappa shape index (κ1) is 22.3. The number of halogens is 4. The summed E-state index contributed by atoms with van der Waals surface area (Å²) in [5.74, 6) is -1.89. The van der Waals surface area contributed by atoms with Crippen LogP contribution in [-0.4, -0.2) is 35.2 Å². The first-order valence-corrected chi connectivity index (χ1v) is 9.81. The van der Waals surface area contributed by atoms with Crippen LogP contribution in [0, 0.1) is 5.82 Å². The number of hydrogen-bond donors (Lipinski definition) is 1. The predicted molar refractivity (Wildman–Crippen MR) is 111 cm³/mol. The van der Waals surface area contributed by atoms with Gasteiger partial charge in [0.25, 0.3) is 11.8 Å². The summed E-state index contributed by atoms with van der Waals surface area (Å²) in [7, 11) is 1.27. The normalized spacial score (nSPS) is 15.9. The molecular weight excluding hydrogens is 444 g/mol. The number of aromatic nitrogens is 2. The van der Waals surface area contributed by atoms with Gasteiger partial charge in [0, 0.05) is 17.8 Å². The quantitative estimate of drug-likeness (QED) is 0.579. The van der Waals surface area contributed by atoms with Crippen LogP contribution in [0.25, 0.3) is 0 Å². The van der Waals surface area contributed by atoms with Crippen molar-refractivity contribution in [3.05, 3.63) is 71.3 Å². The number of fused-ring (bicyclic) bond motifs is 1. The first-order valence-electron chi connectivity index (χ1n) is 9.81. The fourth-order valence-corrected chi connectivity index (χ4v) is 3.60. The fourth-order valence-electron chi connectivity index (χ4n) is 3.60. The van der Waals surface area contributed by atoms with Crippen molar-refractivity contribution in [3.63, 3.8) is 0 Å². The summed E-state index contributed by atoms with van der Waals surface area (Å²) in [6.45, 7) is 1.97. The van der Waals surface area contributed by atoms with Crippen LogP contribution < -0.4 is 15.0 Å². The van der Waals surface area contributed by atoms with Crippen LogP contribution in [0.5, 0.6) is 5.75 Å². The highest BCUT2D eigenvalue weighted by Gasteiger charge is 2.35. The van der Waals surface area contributed by atoms with E-state index in [1.165, 1.54) is 47.2 Å². The molecule has 0 unspecified atom stereocenters. The molecule has 0 radical (unpaired) electrons. The topological polar surface area (TPSA) is 76.5 Å². The average molecular weight is 462 g/mol. The number of amides is 2. The molecule has 1 aliphatic heterocycles. The summed E-state index contributed by atoms with van der Waals surface area (Å²) in [5, 5.41) is 6.77. The van der Waals surface area contributed by atoms with Crippen LogP contribution in [0.1, 0.15) is 39.4 Å². The zero-order valence-electron chi connectivity index (χ0n) is 17.5. The Hall–Kier alpha value is -3.89. The lowest BCUT2D eigenvalue weighted by molar-refractivity contribution is -0.137. The number of ether oxygens (including phenoxy) is 1. The Labute approximate surface area is 185 Å². The molecule has 0 saturated carbocycles. The van der Waals surface area contributed by atoms with Crippen molar-refractivity contribution in [1.29, 1.82) is 0 Å². The molecule has 0 saturated heterocycles. The van der Waals surface area contributed by atoms with Crippen LogP contribution >= 0.6 is 0 Å². The predicted octanol–water partition coefficient (Wildman–Crippen LogP) is 4.52. The van der Waals surface area contributed by atoms with Gasteiger partial charge in [-0.15, -0.1) is 0 Å². The van der Waals surface area contributed by atoms with Crippen LogP contribution in [-0.2, 0) is 6.18 Å². The van der Waals surface area contributed by atoms with Crippen molar-refractivity contribution in [1.82, 2.24) is 9.78 Å². The number of nitrogens with one attached hydrogen (secondary N) is 1. The molecule has 0 fully saturated rings. The molecule has 7 nitrogen and oxygen atoms in total. The number of carbonyl (C=O) groups is 2. The number of alkyl halides is 3. The van der Waals surface area contributed by atoms with Crippen LogP contribution in [0.15, 0.2) is 48.7 Å². The Morgan fingerprint density at radius 2 is 1.88 bits per heavy atom. The number of carbonyl (C=O) groups excluding carboxylic acids is 2. The van der Waals surface area contributed by atoms with Gasteiger partial charge < -0.3 is 15.0 Å². The van der Waals surface area contributed by atoms with E-state index >= 15 is 0 Å². The molecule has 1 atom stereocenters. The second-order valence-electron chi connectivity index (χ2n) is 7.46. The van der Waals surface area contributed by atoms with Gasteiger partial charge in [-0.3, -0.25) is 14.3 Å². The second kappa shape index (κ2) is 8.23. The monoisotopic (exact) mass is 462 g/mol. The standard InChI is InChI=1S/C22H18F4N4O3/c1-12-11-29(15-6-4-14(5-7-15)22(24,25)26)21(32)19-17(10-27-30(12)19)28-20(31)13-3-8-16(23)18(9-13)33-2/h3-10,12H,11H2,1-2H3,(H,28,31)/t12-/m0/s1. The average Bonchev–Trinajstić information content (AvgIpc) is 3.20. The van der Waals surface area contributed by atoms with E-state index in [2.05, 4.69) is 10.4 Å². The smallest absolute Gasteiger partial charge is 0.416 e. The maximum atomic E-state index is 13.6. The SMILES string of the molecule is COc1cc(C(=O)Nc2cnn3c2C(=O)N(c2ccc(C(F)(F)F)cc2)C[C@@H]3C)ccc1F. The van der Waals surface area contributed by atoms with Crippen LogP contribution in [0.3, 0.4) is 0 Å². The minimum Gasteiger partial charge on any atom is -0.494 e. The van der Waals surface area contributed by atoms with Gasteiger partial charge in [-0.05, 0) is 49.4 Å². The van der Waals surface area contributed by atoms with E-state index in [0.717, 1.165) is 18.2 Å². The van der Waals surface area contributed by atoms with Crippen molar-refractivity contribution >= 4 is 23.2 Å². The lowest BCUT2D eigenvalue weighted by Crippen LogP contribution is -2.43. The molecule has 0 spiro atoms. The minimum absolute atomic E-state index is 0.0797. The first-order chi connectivity index (χ1) is 15.6. The molecule has 3 aromatic rings. The summed E-state index contributed by atoms with van der Waals surface area (Å²) >= 11 is 0. The van der Waals surface area contributed by atoms with Crippen molar-refractivity contribution in [2.75, 3.05) is 23.9 Å². The third-order valence-electron chi connectivity index (χ3n) is 5.28. The fraction of sp³-hybridized carbons (Fsp3) is 0.227. The van der Waals surface area contributed by atoms with Crippen LogP contribution in [0.2, 0.25) is 0 Å². The molecule has 1 aliphatic rings. The summed E-state index contributed by atoms with van der Waals surface area (Å²) in [5.41, 5.74) is -0.235. The second-order valence-corrected chi connectivity index (χ2v) is 7.46. The van der Waals surface area contributed by atoms with E-state index in [-0.39, 0.29) is 41.0 Å². The molecule has 0 aliphatic carbocycles. The Bertz CT molecular complexity index is 1220. The number of benzene rings is 2. The molecule has 33 heavy (non-hydrogen) atoms. The maximum absolute atomic E-state index is 13.6. The van der Waals surface area contributed by atoms with Crippen molar-refractivity contribution < 1.29 is 31.9 Å². The van der Waals surface area contributed by atoms with Crippen molar-refractivity contribution in [3.8, 4) is 5.75 Å². The molecule has 2 amide bonds. The van der Waals surface area contributed by atoms with E-state index in [1.807, 2.05) is 0 Å². The molecule has 1 aromatic heterocycles. The molecule has 0 bridgehead atoms. The minimum atomic E-state index is -4.49. The highest BCUT2D eigenvalue weighted by atomic mass is 19.4. The molecule has 2 aromatic carbocycles. The summed E-state index contributed by atoms with van der Waals surface area (Å²) < 4.78 is 58.6. The van der Waals surface area contributed by atoms with E-state index in [4.69, 9.17) is 4.74 Å². The molecular formula is C22H18F4N4O3. The Morgan fingerprint density at radius 1 is 1.18 bits per heavy atom. The van der Waals surface area contributed by atoms with E-state index < -0.39 is 29.4 Å². The number of hydrogen-bond acceptors (Lipinski definition) is 4. The maximum Gasteiger partial charge on any atom is 0.416 e. The van der Waals surface area contributed by atoms with Gasteiger partial charge in [0.15, 0.2) is 17.3 Å². The highest BCUT2D eigenvalue weighted by molar-refractivity contribution is 6.13. The molecule has 2 heterocycles. The lowest BCUT2D eigenvalue weighted by Gasteiger charge is -2.32. The van der Waals surface area contributed by atoms with E-state index in [9.17, 15) is 27.2 Å². The van der Waals surface area contributed by atoms with Gasteiger partial charge in [0.1, 0.15) is 0 Å². The molecule has 1 N–H and O–H groups in total.